The second-order valence-electron chi connectivity index (χ2n) is 4.35. The van der Waals surface area contributed by atoms with E-state index in [4.69, 9.17) is 25.8 Å². The van der Waals surface area contributed by atoms with Crippen LogP contribution < -0.4 is 5.73 Å². The van der Waals surface area contributed by atoms with Crippen molar-refractivity contribution < 1.29 is 25.2 Å². The third kappa shape index (κ3) is 3.09. The molecule has 0 radical (unpaired) electrons. The average molecular weight is 299 g/mol. The first kappa shape index (κ1) is 15.5. The van der Waals surface area contributed by atoms with E-state index < -0.39 is 38.3 Å². The van der Waals surface area contributed by atoms with Gasteiger partial charge in [-0.1, -0.05) is 0 Å². The summed E-state index contributed by atoms with van der Waals surface area (Å²) in [5.41, 5.74) is 6.29. The van der Waals surface area contributed by atoms with Gasteiger partial charge in [0.2, 0.25) is 0 Å². The predicted octanol–water partition coefficient (Wildman–Crippen LogP) is -2.37. The molecule has 2 heterocycles. The van der Waals surface area contributed by atoms with E-state index in [0.717, 1.165) is 0 Å². The molecule has 2 aromatic rings. The summed E-state index contributed by atoms with van der Waals surface area (Å²) in [4.78, 5) is 11.8. The Balaban J connectivity index is 2.41. The number of rotatable bonds is 7. The Morgan fingerprint density at radius 2 is 1.86 bits per heavy atom. The molecule has 0 saturated heterocycles. The van der Waals surface area contributed by atoms with Crippen LogP contribution in [-0.2, 0) is 4.74 Å². The lowest BCUT2D eigenvalue weighted by molar-refractivity contribution is -0.148. The van der Waals surface area contributed by atoms with Crippen LogP contribution in [0.25, 0.3) is 11.2 Å². The van der Waals surface area contributed by atoms with Crippen molar-refractivity contribution in [1.29, 1.82) is 0 Å². The smallest absolute Gasteiger partial charge is 0.167 e. The maximum absolute atomic E-state index is 9.90. The van der Waals surface area contributed by atoms with Crippen LogP contribution in [0.5, 0.6) is 0 Å². The lowest BCUT2D eigenvalue weighted by Crippen LogP contribution is -2.35. The molecular formula is C11H17N5O5. The molecular weight excluding hydrogens is 282 g/mol. The van der Waals surface area contributed by atoms with Crippen molar-refractivity contribution in [2.24, 2.45) is 0 Å². The molecule has 0 spiro atoms. The lowest BCUT2D eigenvalue weighted by Gasteiger charge is -2.26. The minimum absolute atomic E-state index is 0.164. The molecule has 0 amide bonds. The fourth-order valence-corrected chi connectivity index (χ4v) is 1.83. The zero-order chi connectivity index (χ0) is 15.4. The van der Waals surface area contributed by atoms with Gasteiger partial charge in [0, 0.05) is 0 Å². The molecule has 21 heavy (non-hydrogen) atoms. The molecule has 0 fully saturated rings. The molecule has 10 heteroatoms. The van der Waals surface area contributed by atoms with Crippen LogP contribution in [0, 0.1) is 0 Å². The van der Waals surface area contributed by atoms with Crippen LogP contribution in [0.1, 0.15) is 6.23 Å². The summed E-state index contributed by atoms with van der Waals surface area (Å²) in [7, 11) is 0. The van der Waals surface area contributed by atoms with E-state index in [1.54, 1.807) is 0 Å². The normalized spacial score (nSPS) is 14.7. The van der Waals surface area contributed by atoms with Gasteiger partial charge in [-0.3, -0.25) is 4.57 Å². The maximum atomic E-state index is 9.90. The Labute approximate surface area is 119 Å². The first-order valence-corrected chi connectivity index (χ1v) is 6.21. The average Bonchev–Trinajstić information content (AvgIpc) is 2.93. The number of hydrogen-bond acceptors (Lipinski definition) is 9. The molecule has 6 N–H and O–H groups in total. The van der Waals surface area contributed by atoms with E-state index in [-0.39, 0.29) is 5.82 Å². The third-order valence-electron chi connectivity index (χ3n) is 2.92. The highest BCUT2D eigenvalue weighted by Gasteiger charge is 2.27. The van der Waals surface area contributed by atoms with Crippen LogP contribution in [0.15, 0.2) is 12.7 Å². The summed E-state index contributed by atoms with van der Waals surface area (Å²) in [5, 5.41) is 37.2. The summed E-state index contributed by atoms with van der Waals surface area (Å²) in [6.45, 7) is -1.49. The lowest BCUT2D eigenvalue weighted by atomic mass is 10.3. The Bertz CT molecular complexity index is 587. The number of hydrogen-bond donors (Lipinski definition) is 5. The van der Waals surface area contributed by atoms with Crippen molar-refractivity contribution in [1.82, 2.24) is 19.5 Å². The fourth-order valence-electron chi connectivity index (χ4n) is 1.83. The maximum Gasteiger partial charge on any atom is 0.167 e. The van der Waals surface area contributed by atoms with Gasteiger partial charge in [0.25, 0.3) is 0 Å². The molecule has 0 aliphatic heterocycles. The zero-order valence-electron chi connectivity index (χ0n) is 11.1. The van der Waals surface area contributed by atoms with Crippen LogP contribution in [0.3, 0.4) is 0 Å². The number of fused-ring (bicyclic) bond motifs is 1. The second kappa shape index (κ2) is 6.74. The standard InChI is InChI=1S/C11H17N5O5/c12-9-8-10(14-4-13-9)16(5-15-8)11(7(20)3-19)21-6(1-17)2-18/h4-7,11,17-20H,1-3H2,(H2,12,13,14)/t7-,11-/m1/s1. The molecule has 10 nitrogen and oxygen atoms in total. The summed E-state index contributed by atoms with van der Waals surface area (Å²) in [6.07, 6.45) is -0.774. The minimum Gasteiger partial charge on any atom is -0.394 e. The van der Waals surface area contributed by atoms with Gasteiger partial charge in [-0.2, -0.15) is 0 Å². The Hall–Kier alpha value is -1.85. The van der Waals surface area contributed by atoms with E-state index in [1.165, 1.54) is 17.2 Å². The Morgan fingerprint density at radius 1 is 1.14 bits per heavy atom. The van der Waals surface area contributed by atoms with Gasteiger partial charge < -0.3 is 30.9 Å². The first-order valence-electron chi connectivity index (χ1n) is 6.21. The van der Waals surface area contributed by atoms with Gasteiger partial charge in [-0.25, -0.2) is 15.0 Å². The molecule has 2 rings (SSSR count). The summed E-state index contributed by atoms with van der Waals surface area (Å²) in [5.74, 6) is 0.164. The number of nitrogens with two attached hydrogens (primary N) is 1. The number of ether oxygens (including phenoxy) is 1. The molecule has 0 aromatic carbocycles. The number of aliphatic hydroxyl groups excluding tert-OH is 4. The molecule has 116 valence electrons. The van der Waals surface area contributed by atoms with E-state index in [1.807, 2.05) is 0 Å². The monoisotopic (exact) mass is 299 g/mol. The van der Waals surface area contributed by atoms with Crippen LogP contribution in [-0.4, -0.2) is 72.0 Å². The minimum atomic E-state index is -1.31. The van der Waals surface area contributed by atoms with Gasteiger partial charge >= 0.3 is 0 Å². The molecule has 0 bridgehead atoms. The van der Waals surface area contributed by atoms with Crippen LogP contribution >= 0.6 is 0 Å². The number of imidazole rings is 1. The number of aromatic nitrogens is 4. The van der Waals surface area contributed by atoms with Crippen molar-refractivity contribution in [2.75, 3.05) is 25.6 Å². The molecule has 2 aromatic heterocycles. The topological polar surface area (TPSA) is 160 Å². The highest BCUT2D eigenvalue weighted by atomic mass is 16.5. The van der Waals surface area contributed by atoms with Gasteiger partial charge in [0.15, 0.2) is 17.7 Å². The van der Waals surface area contributed by atoms with Crippen molar-refractivity contribution in [3.63, 3.8) is 0 Å². The number of anilines is 1. The summed E-state index contributed by atoms with van der Waals surface area (Å²) in [6, 6.07) is 0. The van der Waals surface area contributed by atoms with Crippen LogP contribution in [0.2, 0.25) is 0 Å². The van der Waals surface area contributed by atoms with Gasteiger partial charge in [-0.15, -0.1) is 0 Å². The third-order valence-corrected chi connectivity index (χ3v) is 2.92. The van der Waals surface area contributed by atoms with Crippen molar-refractivity contribution in [2.45, 2.75) is 18.4 Å². The fraction of sp³-hybridized carbons (Fsp3) is 0.545. The van der Waals surface area contributed by atoms with Gasteiger partial charge in [-0.05, 0) is 0 Å². The highest BCUT2D eigenvalue weighted by Crippen LogP contribution is 2.23. The molecule has 0 unspecified atom stereocenters. The van der Waals surface area contributed by atoms with E-state index in [0.29, 0.717) is 11.2 Å². The Morgan fingerprint density at radius 3 is 2.48 bits per heavy atom. The largest absolute Gasteiger partial charge is 0.394 e. The SMILES string of the molecule is Nc1ncnc2c1ncn2[C@H](OC(CO)CO)[C@H](O)CO. The molecule has 0 saturated carbocycles. The summed E-state index contributed by atoms with van der Waals surface area (Å²) < 4.78 is 6.76. The van der Waals surface area contributed by atoms with Crippen molar-refractivity contribution in [3.05, 3.63) is 12.7 Å². The van der Waals surface area contributed by atoms with E-state index in [2.05, 4.69) is 15.0 Å². The Kier molecular flexibility index (Phi) is 4.98. The van der Waals surface area contributed by atoms with Gasteiger partial charge in [0.05, 0.1) is 26.1 Å². The van der Waals surface area contributed by atoms with Gasteiger partial charge in [0.1, 0.15) is 24.1 Å². The number of nitrogens with zero attached hydrogens (tertiary/aromatic N) is 4. The summed E-state index contributed by atoms with van der Waals surface area (Å²) >= 11 is 0. The predicted molar refractivity (Wildman–Crippen MR) is 70.9 cm³/mol. The molecule has 0 aliphatic rings. The quantitative estimate of drug-likeness (QED) is 0.376. The number of aliphatic hydroxyl groups is 4. The first-order chi connectivity index (χ1) is 10.1. The van der Waals surface area contributed by atoms with Crippen molar-refractivity contribution in [3.8, 4) is 0 Å². The molecule has 2 atom stereocenters. The highest BCUT2D eigenvalue weighted by molar-refractivity contribution is 5.81. The van der Waals surface area contributed by atoms with E-state index in [9.17, 15) is 5.11 Å². The van der Waals surface area contributed by atoms with E-state index >= 15 is 0 Å². The van der Waals surface area contributed by atoms with Crippen molar-refractivity contribution >= 4 is 17.0 Å². The second-order valence-corrected chi connectivity index (χ2v) is 4.35. The van der Waals surface area contributed by atoms with Crippen LogP contribution in [0.4, 0.5) is 5.82 Å². The number of nitrogen functional groups attached to an aromatic ring is 1. The molecule has 0 aliphatic carbocycles. The zero-order valence-corrected chi connectivity index (χ0v) is 11.1.